The van der Waals surface area contributed by atoms with Gasteiger partial charge in [-0.15, -0.1) is 11.3 Å². The van der Waals surface area contributed by atoms with E-state index in [1.807, 2.05) is 0 Å². The fourth-order valence-corrected chi connectivity index (χ4v) is 3.42. The molecule has 0 saturated carbocycles. The van der Waals surface area contributed by atoms with Crippen molar-refractivity contribution in [2.45, 2.75) is 19.3 Å². The van der Waals surface area contributed by atoms with Crippen molar-refractivity contribution < 1.29 is 0 Å². The minimum Gasteiger partial charge on any atom is -0.247 e. The summed E-state index contributed by atoms with van der Waals surface area (Å²) in [4.78, 5) is 4.53. The highest BCUT2D eigenvalue weighted by atomic mass is 79.9. The van der Waals surface area contributed by atoms with Gasteiger partial charge < -0.3 is 0 Å². The van der Waals surface area contributed by atoms with Crippen molar-refractivity contribution in [2.75, 3.05) is 5.33 Å². The second kappa shape index (κ2) is 6.12. The summed E-state index contributed by atoms with van der Waals surface area (Å²) in [6.45, 7) is 2.05. The highest BCUT2D eigenvalue weighted by Crippen LogP contribution is 2.26. The third kappa shape index (κ3) is 3.63. The van der Waals surface area contributed by atoms with Crippen LogP contribution in [-0.4, -0.2) is 10.3 Å². The lowest BCUT2D eigenvalue weighted by Gasteiger charge is -2.13. The van der Waals surface area contributed by atoms with E-state index < -0.39 is 0 Å². The summed E-state index contributed by atoms with van der Waals surface area (Å²) in [5, 5.41) is 4.26. The van der Waals surface area contributed by atoms with Crippen molar-refractivity contribution in [3.8, 4) is 0 Å². The van der Waals surface area contributed by atoms with E-state index in [9.17, 15) is 0 Å². The predicted octanol–water partition coefficient (Wildman–Crippen LogP) is 4.94. The van der Waals surface area contributed by atoms with Crippen molar-refractivity contribution in [3.05, 3.63) is 50.4 Å². The Kier molecular flexibility index (Phi) is 4.77. The lowest BCUT2D eigenvalue weighted by molar-refractivity contribution is 0.758. The fourth-order valence-electron chi connectivity index (χ4n) is 1.78. The first kappa shape index (κ1) is 13.2. The summed E-state index contributed by atoms with van der Waals surface area (Å²) in [5.74, 6) is 0.481. The van der Waals surface area contributed by atoms with E-state index in [1.54, 1.807) is 11.3 Å². The van der Waals surface area contributed by atoms with E-state index >= 15 is 0 Å². The molecule has 1 atom stereocenters. The van der Waals surface area contributed by atoms with E-state index in [0.717, 1.165) is 21.2 Å². The standard InChI is InChI=1S/C13H13Br2NS/c1-9-16-13(8-17-9)6-11(7-14)10-3-2-4-12(15)5-10/h2-5,8,11H,6-7H2,1H3. The van der Waals surface area contributed by atoms with Crippen LogP contribution in [-0.2, 0) is 6.42 Å². The van der Waals surface area contributed by atoms with Gasteiger partial charge in [0.05, 0.1) is 10.7 Å². The van der Waals surface area contributed by atoms with Crippen LogP contribution >= 0.6 is 43.2 Å². The van der Waals surface area contributed by atoms with Gasteiger partial charge >= 0.3 is 0 Å². The molecule has 0 bridgehead atoms. The van der Waals surface area contributed by atoms with Crippen LogP contribution in [0, 0.1) is 6.92 Å². The van der Waals surface area contributed by atoms with Crippen LogP contribution in [0.15, 0.2) is 34.1 Å². The number of hydrogen-bond acceptors (Lipinski definition) is 2. The SMILES string of the molecule is Cc1nc(CC(CBr)c2cccc(Br)c2)cs1. The number of hydrogen-bond donors (Lipinski definition) is 0. The molecule has 1 aromatic heterocycles. The van der Waals surface area contributed by atoms with Gasteiger partial charge in [-0.05, 0) is 37.0 Å². The zero-order valence-corrected chi connectivity index (χ0v) is 13.5. The van der Waals surface area contributed by atoms with Crippen LogP contribution in [0.3, 0.4) is 0 Å². The van der Waals surface area contributed by atoms with Crippen LogP contribution in [0.25, 0.3) is 0 Å². The normalized spacial score (nSPS) is 12.6. The Labute approximate surface area is 123 Å². The maximum absolute atomic E-state index is 4.53. The molecule has 0 radical (unpaired) electrons. The predicted molar refractivity (Wildman–Crippen MR) is 81.2 cm³/mol. The second-order valence-electron chi connectivity index (χ2n) is 3.97. The van der Waals surface area contributed by atoms with Gasteiger partial charge in [0.25, 0.3) is 0 Å². The van der Waals surface area contributed by atoms with Gasteiger partial charge in [-0.25, -0.2) is 4.98 Å². The molecule has 0 aliphatic heterocycles. The number of alkyl halides is 1. The summed E-state index contributed by atoms with van der Waals surface area (Å²) in [6.07, 6.45) is 0.992. The maximum Gasteiger partial charge on any atom is 0.0897 e. The number of thiazole rings is 1. The number of nitrogens with zero attached hydrogens (tertiary/aromatic N) is 1. The quantitative estimate of drug-likeness (QED) is 0.691. The molecule has 1 aromatic carbocycles. The maximum atomic E-state index is 4.53. The zero-order valence-electron chi connectivity index (χ0n) is 9.49. The van der Waals surface area contributed by atoms with E-state index in [2.05, 4.69) is 73.4 Å². The first-order valence-electron chi connectivity index (χ1n) is 5.41. The Balaban J connectivity index is 2.16. The Hall–Kier alpha value is -0.190. The van der Waals surface area contributed by atoms with Crippen molar-refractivity contribution >= 4 is 43.2 Å². The first-order chi connectivity index (χ1) is 8.19. The Morgan fingerprint density at radius 3 is 2.82 bits per heavy atom. The highest BCUT2D eigenvalue weighted by molar-refractivity contribution is 9.10. The highest BCUT2D eigenvalue weighted by Gasteiger charge is 2.13. The van der Waals surface area contributed by atoms with E-state index in [1.165, 1.54) is 11.3 Å². The van der Waals surface area contributed by atoms with Crippen LogP contribution in [0.4, 0.5) is 0 Å². The molecule has 0 aliphatic carbocycles. The zero-order chi connectivity index (χ0) is 12.3. The van der Waals surface area contributed by atoms with Crippen LogP contribution < -0.4 is 0 Å². The van der Waals surface area contributed by atoms with Gasteiger partial charge in [-0.3, -0.25) is 0 Å². The topological polar surface area (TPSA) is 12.9 Å². The van der Waals surface area contributed by atoms with Crippen LogP contribution in [0.2, 0.25) is 0 Å². The molecule has 2 aromatic rings. The van der Waals surface area contributed by atoms with Crippen molar-refractivity contribution in [2.24, 2.45) is 0 Å². The summed E-state index contributed by atoms with van der Waals surface area (Å²) in [5.41, 5.74) is 2.54. The summed E-state index contributed by atoms with van der Waals surface area (Å²) in [7, 11) is 0. The number of halogens is 2. The molecule has 0 fully saturated rings. The molecule has 1 nitrogen and oxygen atoms in total. The molecule has 4 heteroatoms. The number of benzene rings is 1. The lowest BCUT2D eigenvalue weighted by atomic mass is 9.97. The van der Waals surface area contributed by atoms with E-state index in [-0.39, 0.29) is 0 Å². The molecule has 0 saturated heterocycles. The van der Waals surface area contributed by atoms with Crippen molar-refractivity contribution in [1.29, 1.82) is 0 Å². The summed E-state index contributed by atoms with van der Waals surface area (Å²) in [6, 6.07) is 8.50. The molecule has 1 heterocycles. The van der Waals surface area contributed by atoms with Gasteiger partial charge in [0.1, 0.15) is 0 Å². The Morgan fingerprint density at radius 1 is 1.41 bits per heavy atom. The lowest BCUT2D eigenvalue weighted by Crippen LogP contribution is -2.04. The molecule has 0 spiro atoms. The third-order valence-corrected chi connectivity index (χ3v) is 4.73. The number of aryl methyl sites for hydroxylation is 1. The second-order valence-corrected chi connectivity index (χ2v) is 6.59. The number of aromatic nitrogens is 1. The molecular formula is C13H13Br2NS. The van der Waals surface area contributed by atoms with Crippen molar-refractivity contribution in [3.63, 3.8) is 0 Å². The van der Waals surface area contributed by atoms with Gasteiger partial charge in [0.2, 0.25) is 0 Å². The minimum atomic E-state index is 0.481. The monoisotopic (exact) mass is 373 g/mol. The molecule has 0 N–H and O–H groups in total. The summed E-state index contributed by atoms with van der Waals surface area (Å²) < 4.78 is 1.13. The van der Waals surface area contributed by atoms with E-state index in [0.29, 0.717) is 5.92 Å². The summed E-state index contributed by atoms with van der Waals surface area (Å²) >= 11 is 8.84. The number of rotatable bonds is 4. The fraction of sp³-hybridized carbons (Fsp3) is 0.308. The van der Waals surface area contributed by atoms with Crippen LogP contribution in [0.1, 0.15) is 22.2 Å². The average molecular weight is 375 g/mol. The van der Waals surface area contributed by atoms with Gasteiger partial charge in [0.15, 0.2) is 0 Å². The molecule has 2 rings (SSSR count). The van der Waals surface area contributed by atoms with Gasteiger partial charge in [0, 0.05) is 15.2 Å². The Morgan fingerprint density at radius 2 is 2.24 bits per heavy atom. The minimum absolute atomic E-state index is 0.481. The molecular weight excluding hydrogens is 362 g/mol. The molecule has 17 heavy (non-hydrogen) atoms. The van der Waals surface area contributed by atoms with Gasteiger partial charge in [-0.1, -0.05) is 44.0 Å². The molecule has 0 amide bonds. The van der Waals surface area contributed by atoms with E-state index in [4.69, 9.17) is 0 Å². The van der Waals surface area contributed by atoms with Crippen LogP contribution in [0.5, 0.6) is 0 Å². The smallest absolute Gasteiger partial charge is 0.0897 e. The molecule has 1 unspecified atom stereocenters. The third-order valence-electron chi connectivity index (χ3n) is 2.63. The molecule has 90 valence electrons. The Bertz CT molecular complexity index is 496. The molecule has 0 aliphatic rings. The first-order valence-corrected chi connectivity index (χ1v) is 8.21. The van der Waals surface area contributed by atoms with Crippen molar-refractivity contribution in [1.82, 2.24) is 4.98 Å². The van der Waals surface area contributed by atoms with Gasteiger partial charge in [-0.2, -0.15) is 0 Å². The average Bonchev–Trinajstić information content (AvgIpc) is 2.72. The largest absolute Gasteiger partial charge is 0.247 e.